The van der Waals surface area contributed by atoms with Gasteiger partial charge in [0.25, 0.3) is 0 Å². The van der Waals surface area contributed by atoms with Crippen LogP contribution in [0.25, 0.3) is 0 Å². The molecule has 4 nitrogen and oxygen atoms in total. The molecule has 114 valence electrons. The molecule has 1 amide bonds. The lowest BCUT2D eigenvalue weighted by atomic mass is 9.92. The Bertz CT molecular complexity index is 541. The van der Waals surface area contributed by atoms with E-state index in [-0.39, 0.29) is 11.8 Å². The van der Waals surface area contributed by atoms with E-state index in [0.717, 1.165) is 48.1 Å². The lowest BCUT2D eigenvalue weighted by Gasteiger charge is -2.23. The van der Waals surface area contributed by atoms with E-state index < -0.39 is 0 Å². The quantitative estimate of drug-likeness (QED) is 0.874. The number of nitrogens with one attached hydrogen (secondary N) is 2. The number of amides is 1. The molecule has 3 rings (SSSR count). The van der Waals surface area contributed by atoms with E-state index in [0.29, 0.717) is 12.0 Å². The highest BCUT2D eigenvalue weighted by molar-refractivity contribution is 9.10. The van der Waals surface area contributed by atoms with Crippen molar-refractivity contribution in [2.45, 2.75) is 25.8 Å². The first kappa shape index (κ1) is 14.9. The third kappa shape index (κ3) is 3.09. The molecule has 2 aliphatic rings. The zero-order valence-electron chi connectivity index (χ0n) is 12.2. The fourth-order valence-corrected chi connectivity index (χ4v) is 3.70. The van der Waals surface area contributed by atoms with Crippen LogP contribution in [-0.4, -0.2) is 26.1 Å². The molecule has 5 heteroatoms. The number of halogens is 1. The van der Waals surface area contributed by atoms with Crippen LogP contribution in [-0.2, 0) is 11.3 Å². The molecule has 1 spiro atoms. The van der Waals surface area contributed by atoms with Crippen LogP contribution < -0.4 is 15.4 Å². The molecule has 1 aliphatic heterocycles. The number of carbonyl (C=O) groups excluding carboxylic acids is 1. The van der Waals surface area contributed by atoms with Crippen LogP contribution in [0, 0.1) is 11.3 Å². The van der Waals surface area contributed by atoms with E-state index in [1.807, 2.05) is 18.2 Å². The predicted molar refractivity (Wildman–Crippen MR) is 85.2 cm³/mol. The number of benzene rings is 1. The van der Waals surface area contributed by atoms with E-state index in [4.69, 9.17) is 4.74 Å². The summed E-state index contributed by atoms with van der Waals surface area (Å²) in [6, 6.07) is 5.81. The molecule has 2 N–H and O–H groups in total. The Kier molecular flexibility index (Phi) is 4.22. The molecular formula is C16H21BrN2O2. The number of carbonyl (C=O) groups is 1. The summed E-state index contributed by atoms with van der Waals surface area (Å²) in [6.45, 7) is 2.64. The van der Waals surface area contributed by atoms with Crippen molar-refractivity contribution in [1.29, 1.82) is 0 Å². The van der Waals surface area contributed by atoms with Crippen LogP contribution in [0.15, 0.2) is 22.7 Å². The van der Waals surface area contributed by atoms with Crippen LogP contribution >= 0.6 is 15.9 Å². The summed E-state index contributed by atoms with van der Waals surface area (Å²) in [5, 5.41) is 6.45. The van der Waals surface area contributed by atoms with Crippen molar-refractivity contribution in [3.05, 3.63) is 28.2 Å². The number of ether oxygens (including phenoxy) is 1. The fraction of sp³-hybridized carbons (Fsp3) is 0.562. The average molecular weight is 353 g/mol. The molecular weight excluding hydrogens is 332 g/mol. The number of piperidine rings is 1. The number of rotatable bonds is 4. The maximum Gasteiger partial charge on any atom is 0.223 e. The first-order valence-electron chi connectivity index (χ1n) is 7.45. The molecule has 0 aromatic heterocycles. The molecule has 1 aromatic carbocycles. The third-order valence-corrected chi connectivity index (χ3v) is 5.59. The molecule has 1 aliphatic carbocycles. The van der Waals surface area contributed by atoms with Crippen molar-refractivity contribution in [2.24, 2.45) is 11.3 Å². The summed E-state index contributed by atoms with van der Waals surface area (Å²) in [5.41, 5.74) is 1.34. The van der Waals surface area contributed by atoms with Gasteiger partial charge in [0.2, 0.25) is 5.91 Å². The van der Waals surface area contributed by atoms with Crippen LogP contribution in [0.1, 0.15) is 24.8 Å². The third-order valence-electron chi connectivity index (χ3n) is 4.81. The first-order valence-corrected chi connectivity index (χ1v) is 8.25. The SMILES string of the molecule is COc1ccc(Br)c(CNC(=O)C2CC23CCNCC3)c1. The Balaban J connectivity index is 1.57. The molecule has 0 radical (unpaired) electrons. The van der Waals surface area contributed by atoms with Crippen LogP contribution in [0.2, 0.25) is 0 Å². The summed E-state index contributed by atoms with van der Waals surface area (Å²) in [5.74, 6) is 1.22. The van der Waals surface area contributed by atoms with Crippen LogP contribution in [0.5, 0.6) is 5.75 Å². The van der Waals surface area contributed by atoms with Crippen molar-refractivity contribution in [2.75, 3.05) is 20.2 Å². The molecule has 1 heterocycles. The van der Waals surface area contributed by atoms with Gasteiger partial charge >= 0.3 is 0 Å². The number of hydrogen-bond donors (Lipinski definition) is 2. The van der Waals surface area contributed by atoms with Gasteiger partial charge < -0.3 is 15.4 Å². The van der Waals surface area contributed by atoms with Gasteiger partial charge in [0.1, 0.15) is 5.75 Å². The standard InChI is InChI=1S/C16H21BrN2O2/c1-21-12-2-3-14(17)11(8-12)10-19-15(20)13-9-16(13)4-6-18-7-5-16/h2-3,8,13,18H,4-7,9-10H2,1H3,(H,19,20). The molecule has 1 saturated carbocycles. The summed E-state index contributed by atoms with van der Waals surface area (Å²) >= 11 is 3.52. The smallest absolute Gasteiger partial charge is 0.223 e. The molecule has 1 aromatic rings. The molecule has 21 heavy (non-hydrogen) atoms. The monoisotopic (exact) mass is 352 g/mol. The van der Waals surface area contributed by atoms with Crippen molar-refractivity contribution in [1.82, 2.24) is 10.6 Å². The first-order chi connectivity index (χ1) is 10.1. The second-order valence-electron chi connectivity index (χ2n) is 6.04. The van der Waals surface area contributed by atoms with Gasteiger partial charge in [-0.1, -0.05) is 15.9 Å². The largest absolute Gasteiger partial charge is 0.497 e. The van der Waals surface area contributed by atoms with Gasteiger partial charge in [0.05, 0.1) is 7.11 Å². The van der Waals surface area contributed by atoms with Gasteiger partial charge in [-0.05, 0) is 61.5 Å². The van der Waals surface area contributed by atoms with Crippen LogP contribution in [0.4, 0.5) is 0 Å². The van der Waals surface area contributed by atoms with E-state index >= 15 is 0 Å². The van der Waals surface area contributed by atoms with E-state index in [9.17, 15) is 4.79 Å². The normalized spacial score (nSPS) is 22.9. The zero-order valence-corrected chi connectivity index (χ0v) is 13.8. The summed E-state index contributed by atoms with van der Waals surface area (Å²) < 4.78 is 6.22. The summed E-state index contributed by atoms with van der Waals surface area (Å²) in [4.78, 5) is 12.3. The highest BCUT2D eigenvalue weighted by Crippen LogP contribution is 2.58. The molecule has 2 fully saturated rings. The Morgan fingerprint density at radius 2 is 2.24 bits per heavy atom. The van der Waals surface area contributed by atoms with Gasteiger partial charge in [-0.2, -0.15) is 0 Å². The minimum Gasteiger partial charge on any atom is -0.497 e. The van der Waals surface area contributed by atoms with Crippen molar-refractivity contribution in [3.8, 4) is 5.75 Å². The van der Waals surface area contributed by atoms with Crippen LogP contribution in [0.3, 0.4) is 0 Å². The van der Waals surface area contributed by atoms with E-state index in [1.54, 1.807) is 7.11 Å². The maximum atomic E-state index is 12.3. The van der Waals surface area contributed by atoms with Gasteiger partial charge in [0.15, 0.2) is 0 Å². The fourth-order valence-electron chi connectivity index (χ4n) is 3.31. The van der Waals surface area contributed by atoms with Gasteiger partial charge in [-0.3, -0.25) is 4.79 Å². The molecule has 1 unspecified atom stereocenters. The highest BCUT2D eigenvalue weighted by atomic mass is 79.9. The molecule has 0 bridgehead atoms. The maximum absolute atomic E-state index is 12.3. The zero-order chi connectivity index (χ0) is 14.9. The van der Waals surface area contributed by atoms with Crippen molar-refractivity contribution in [3.63, 3.8) is 0 Å². The van der Waals surface area contributed by atoms with E-state index in [2.05, 4.69) is 26.6 Å². The Hall–Kier alpha value is -1.07. The van der Waals surface area contributed by atoms with Gasteiger partial charge in [-0.25, -0.2) is 0 Å². The summed E-state index contributed by atoms with van der Waals surface area (Å²) in [6.07, 6.45) is 3.32. The minimum absolute atomic E-state index is 0.201. The summed E-state index contributed by atoms with van der Waals surface area (Å²) in [7, 11) is 1.65. The Morgan fingerprint density at radius 3 is 2.95 bits per heavy atom. The second kappa shape index (κ2) is 5.97. The average Bonchev–Trinajstić information content (AvgIpc) is 3.20. The minimum atomic E-state index is 0.201. The molecule has 1 atom stereocenters. The van der Waals surface area contributed by atoms with E-state index in [1.165, 1.54) is 0 Å². The van der Waals surface area contributed by atoms with Gasteiger partial charge in [0, 0.05) is 16.9 Å². The van der Waals surface area contributed by atoms with Gasteiger partial charge in [-0.15, -0.1) is 0 Å². The number of hydrogen-bond acceptors (Lipinski definition) is 3. The topological polar surface area (TPSA) is 50.4 Å². The van der Waals surface area contributed by atoms with Crippen molar-refractivity contribution >= 4 is 21.8 Å². The number of methoxy groups -OCH3 is 1. The highest BCUT2D eigenvalue weighted by Gasteiger charge is 2.57. The lowest BCUT2D eigenvalue weighted by Crippen LogP contribution is -2.33. The van der Waals surface area contributed by atoms with Crippen molar-refractivity contribution < 1.29 is 9.53 Å². The lowest BCUT2D eigenvalue weighted by molar-refractivity contribution is -0.123. The Labute approximate surface area is 133 Å². The molecule has 1 saturated heterocycles. The Morgan fingerprint density at radius 1 is 1.48 bits per heavy atom. The second-order valence-corrected chi connectivity index (χ2v) is 6.90. The predicted octanol–water partition coefficient (Wildman–Crippen LogP) is 2.46.